The van der Waals surface area contributed by atoms with Crippen LogP contribution in [0.5, 0.6) is 23.0 Å². The molecule has 0 unspecified atom stereocenters. The number of ether oxygens (including phenoxy) is 4. The largest absolute Gasteiger partial charge is 0.497 e. The maximum Gasteiger partial charge on any atom is 0.221 e. The van der Waals surface area contributed by atoms with Gasteiger partial charge in [0.15, 0.2) is 0 Å². The lowest BCUT2D eigenvalue weighted by Gasteiger charge is -2.38. The van der Waals surface area contributed by atoms with E-state index in [0.29, 0.717) is 0 Å². The van der Waals surface area contributed by atoms with Gasteiger partial charge in [0.05, 0.1) is 51.2 Å². The minimum absolute atomic E-state index is 0.720. The van der Waals surface area contributed by atoms with Gasteiger partial charge >= 0.3 is 0 Å². The molecule has 62 heavy (non-hydrogen) atoms. The Labute approximate surface area is 360 Å². The molecule has 8 aromatic carbocycles. The number of methoxy groups -OCH3 is 4. The van der Waals surface area contributed by atoms with Gasteiger partial charge in [0.2, 0.25) is 5.79 Å². The van der Waals surface area contributed by atoms with E-state index in [0.717, 1.165) is 107 Å². The van der Waals surface area contributed by atoms with E-state index in [1.807, 2.05) is 54.6 Å². The molecule has 1 aromatic heterocycles. The Morgan fingerprint density at radius 2 is 0.871 bits per heavy atom. The Morgan fingerprint density at radius 1 is 0.435 bits per heavy atom. The van der Waals surface area contributed by atoms with Crippen molar-refractivity contribution in [1.82, 2.24) is 20.2 Å². The summed E-state index contributed by atoms with van der Waals surface area (Å²) in [6, 6.07) is 62.5. The summed E-state index contributed by atoms with van der Waals surface area (Å²) in [5.74, 6) is 2.41. The fourth-order valence-electron chi connectivity index (χ4n) is 8.77. The predicted molar refractivity (Wildman–Crippen MR) is 249 cm³/mol. The molecule has 10 rings (SSSR count). The topological polar surface area (TPSA) is 78.8 Å². The van der Waals surface area contributed by atoms with Crippen molar-refractivity contribution in [3.05, 3.63) is 199 Å². The second-order valence-corrected chi connectivity index (χ2v) is 15.2. The van der Waals surface area contributed by atoms with Crippen molar-refractivity contribution in [3.8, 4) is 56.9 Å². The van der Waals surface area contributed by atoms with Crippen LogP contribution >= 0.6 is 0 Å². The molecule has 304 valence electrons. The summed E-state index contributed by atoms with van der Waals surface area (Å²) < 4.78 is 25.8. The van der Waals surface area contributed by atoms with Crippen LogP contribution in [0.4, 0.5) is 0 Å². The van der Waals surface area contributed by atoms with Crippen LogP contribution in [0, 0.1) is 0 Å². The summed E-state index contributed by atoms with van der Waals surface area (Å²) in [6.45, 7) is 0. The van der Waals surface area contributed by atoms with Gasteiger partial charge in [0.1, 0.15) is 28.8 Å². The third-order valence-corrected chi connectivity index (χ3v) is 11.7. The Hall–Kier alpha value is -7.97. The molecule has 8 heteroatoms. The molecule has 1 aliphatic rings. The lowest BCUT2D eigenvalue weighted by molar-refractivity contribution is 0.309. The second kappa shape index (κ2) is 15.9. The van der Waals surface area contributed by atoms with E-state index in [4.69, 9.17) is 23.9 Å². The van der Waals surface area contributed by atoms with E-state index in [1.165, 1.54) is 0 Å². The van der Waals surface area contributed by atoms with Gasteiger partial charge in [-0.2, -0.15) is 0 Å². The Bertz CT molecular complexity index is 3100. The van der Waals surface area contributed by atoms with Crippen LogP contribution in [0.2, 0.25) is 0 Å². The molecule has 0 bridgehead atoms. The number of nitrogens with one attached hydrogen (secondary N) is 2. The number of imidazole rings is 1. The summed E-state index contributed by atoms with van der Waals surface area (Å²) in [4.78, 5) is 5.78. The van der Waals surface area contributed by atoms with E-state index >= 15 is 0 Å². The molecule has 1 aliphatic heterocycles. The van der Waals surface area contributed by atoms with Gasteiger partial charge in [-0.3, -0.25) is 4.57 Å². The van der Waals surface area contributed by atoms with Crippen molar-refractivity contribution in [2.45, 2.75) is 5.79 Å². The number of hydrogen-bond acceptors (Lipinski definition) is 7. The number of rotatable bonds is 11. The van der Waals surface area contributed by atoms with E-state index in [2.05, 4.69) is 143 Å². The molecule has 0 atom stereocenters. The molecule has 2 N–H and O–H groups in total. The minimum atomic E-state index is -1.24. The number of nitrogens with zero attached hydrogens (tertiary/aromatic N) is 2. The van der Waals surface area contributed by atoms with Gasteiger partial charge in [-0.25, -0.2) is 4.98 Å². The Morgan fingerprint density at radius 3 is 1.45 bits per heavy atom. The molecule has 2 heterocycles. The maximum atomic E-state index is 5.92. The highest BCUT2D eigenvalue weighted by Gasteiger charge is 2.47. The van der Waals surface area contributed by atoms with Crippen molar-refractivity contribution >= 4 is 32.9 Å². The van der Waals surface area contributed by atoms with Gasteiger partial charge in [-0.1, -0.05) is 133 Å². The van der Waals surface area contributed by atoms with Crippen LogP contribution in [-0.4, -0.2) is 38.0 Å². The van der Waals surface area contributed by atoms with E-state index in [1.54, 1.807) is 28.4 Å². The number of fused-ring (bicyclic) bond motifs is 2. The predicted octanol–water partition coefficient (Wildman–Crippen LogP) is 11.6. The van der Waals surface area contributed by atoms with E-state index in [-0.39, 0.29) is 0 Å². The van der Waals surface area contributed by atoms with Crippen molar-refractivity contribution in [1.29, 1.82) is 0 Å². The first-order chi connectivity index (χ1) is 30.5. The number of hydrogen-bond donors (Lipinski definition) is 2. The lowest BCUT2D eigenvalue weighted by Crippen LogP contribution is -2.54. The smallest absolute Gasteiger partial charge is 0.221 e. The van der Waals surface area contributed by atoms with Crippen LogP contribution in [0.15, 0.2) is 182 Å². The zero-order valence-electron chi connectivity index (χ0n) is 34.8. The molecular formula is C54H44N4O4. The lowest BCUT2D eigenvalue weighted by atomic mass is 9.96. The quantitative estimate of drug-likeness (QED) is 0.135. The van der Waals surface area contributed by atoms with Crippen LogP contribution in [0.3, 0.4) is 0 Å². The van der Waals surface area contributed by atoms with Gasteiger partial charge in [-0.15, -0.1) is 0 Å². The highest BCUT2D eigenvalue weighted by Crippen LogP contribution is 2.48. The highest BCUT2D eigenvalue weighted by molar-refractivity contribution is 5.99. The van der Waals surface area contributed by atoms with Crippen molar-refractivity contribution < 1.29 is 18.9 Å². The number of benzene rings is 8. The normalized spacial score (nSPS) is 13.2. The summed E-state index contributed by atoms with van der Waals surface area (Å²) in [6.07, 6.45) is 0. The fourth-order valence-corrected chi connectivity index (χ4v) is 8.77. The zero-order valence-corrected chi connectivity index (χ0v) is 34.8. The molecule has 0 saturated carbocycles. The SMILES string of the molecule is COc1cccc(C2=C(c3cccc(OC)c3)NC(c3cccc4ccccc34)(n3c(-c4cccc5ccccc45)nc(-c4cccc(OC)c4)c3-c3cccc(OC)c3)N2)c1. The van der Waals surface area contributed by atoms with Gasteiger partial charge in [-0.05, 0) is 70.1 Å². The zero-order chi connectivity index (χ0) is 42.2. The Balaban J connectivity index is 1.40. The molecule has 9 aromatic rings. The van der Waals surface area contributed by atoms with Gasteiger partial charge in [0, 0.05) is 33.4 Å². The third-order valence-electron chi connectivity index (χ3n) is 11.7. The van der Waals surface area contributed by atoms with Crippen molar-refractivity contribution in [2.75, 3.05) is 28.4 Å². The van der Waals surface area contributed by atoms with E-state index < -0.39 is 5.79 Å². The highest BCUT2D eigenvalue weighted by atomic mass is 16.5. The molecule has 0 radical (unpaired) electrons. The average Bonchev–Trinajstić information content (AvgIpc) is 3.95. The standard InChI is InChI=1S/C54H44N4O4/c1-59-41-23-9-19-37(31-41)49-50(38-20-10-24-42(32-38)60-2)57-54(56-49,48-30-14-18-36-16-6-8-28-46(36)48)58-52(40-22-12-26-44(34-40)62-4)51(39-21-11-25-43(33-39)61-3)55-53(58)47-29-13-17-35-15-5-7-27-45(35)47/h5-34,56-57H,1-4H3. The molecule has 0 amide bonds. The van der Waals surface area contributed by atoms with Crippen LogP contribution in [0.25, 0.3) is 66.8 Å². The first-order valence-corrected chi connectivity index (χ1v) is 20.5. The molecule has 8 nitrogen and oxygen atoms in total. The summed E-state index contributed by atoms with van der Waals surface area (Å²) in [5.41, 5.74) is 8.94. The summed E-state index contributed by atoms with van der Waals surface area (Å²) >= 11 is 0. The molecule has 0 aliphatic carbocycles. The maximum absolute atomic E-state index is 5.92. The first-order valence-electron chi connectivity index (χ1n) is 20.5. The van der Waals surface area contributed by atoms with Crippen LogP contribution in [0.1, 0.15) is 16.7 Å². The summed E-state index contributed by atoms with van der Waals surface area (Å²) in [5, 5.41) is 12.7. The van der Waals surface area contributed by atoms with Crippen LogP contribution < -0.4 is 29.6 Å². The molecule has 0 saturated heterocycles. The van der Waals surface area contributed by atoms with Crippen molar-refractivity contribution in [3.63, 3.8) is 0 Å². The minimum Gasteiger partial charge on any atom is -0.497 e. The van der Waals surface area contributed by atoms with Crippen molar-refractivity contribution in [2.24, 2.45) is 0 Å². The van der Waals surface area contributed by atoms with Gasteiger partial charge < -0.3 is 29.6 Å². The third kappa shape index (κ3) is 6.53. The monoisotopic (exact) mass is 812 g/mol. The Kier molecular flexibility index (Phi) is 9.81. The molecular weight excluding hydrogens is 769 g/mol. The number of aromatic nitrogens is 2. The fraction of sp³-hybridized carbons (Fsp3) is 0.0926. The van der Waals surface area contributed by atoms with E-state index in [9.17, 15) is 0 Å². The van der Waals surface area contributed by atoms with Crippen LogP contribution in [-0.2, 0) is 5.79 Å². The average molecular weight is 813 g/mol. The summed E-state index contributed by atoms with van der Waals surface area (Å²) in [7, 11) is 6.78. The molecule has 0 fully saturated rings. The first kappa shape index (κ1) is 38.2. The second-order valence-electron chi connectivity index (χ2n) is 15.2. The van der Waals surface area contributed by atoms with Gasteiger partial charge in [0.25, 0.3) is 0 Å². The molecule has 0 spiro atoms.